The van der Waals surface area contributed by atoms with Crippen LogP contribution in [0.1, 0.15) is 23.4 Å². The van der Waals surface area contributed by atoms with Crippen molar-refractivity contribution in [1.82, 2.24) is 14.5 Å². The molecular formula is C28H33ClFN3O3. The van der Waals surface area contributed by atoms with E-state index in [0.717, 1.165) is 71.4 Å². The van der Waals surface area contributed by atoms with Crippen molar-refractivity contribution < 1.29 is 19.3 Å². The largest absolute Gasteiger partial charge is 0.486 e. The van der Waals surface area contributed by atoms with Crippen LogP contribution in [0, 0.1) is 18.7 Å². The van der Waals surface area contributed by atoms with Gasteiger partial charge in [0.05, 0.1) is 5.52 Å². The zero-order valence-corrected chi connectivity index (χ0v) is 21.7. The molecule has 0 fully saturated rings. The second-order valence-corrected chi connectivity index (χ2v) is 9.94. The van der Waals surface area contributed by atoms with E-state index in [2.05, 4.69) is 34.6 Å². The van der Waals surface area contributed by atoms with Crippen LogP contribution in [0.5, 0.6) is 11.5 Å². The van der Waals surface area contributed by atoms with Gasteiger partial charge in [0.25, 0.3) is 0 Å². The zero-order valence-electron chi connectivity index (χ0n) is 20.9. The quantitative estimate of drug-likeness (QED) is 0.398. The van der Waals surface area contributed by atoms with Crippen molar-refractivity contribution in [2.75, 3.05) is 26.7 Å². The summed E-state index contributed by atoms with van der Waals surface area (Å²) in [5.41, 5.74) is 5.73. The average Bonchev–Trinajstić information content (AvgIpc) is 3.09. The van der Waals surface area contributed by atoms with Crippen LogP contribution in [-0.2, 0) is 19.9 Å². The molecule has 6 rings (SSSR count). The summed E-state index contributed by atoms with van der Waals surface area (Å²) in [6, 6.07) is 13.2. The first-order valence-corrected chi connectivity index (χ1v) is 12.1. The van der Waals surface area contributed by atoms with Gasteiger partial charge < -0.3 is 24.4 Å². The average molecular weight is 514 g/mol. The van der Waals surface area contributed by atoms with Gasteiger partial charge in [-0.1, -0.05) is 0 Å². The second kappa shape index (κ2) is 10.2. The van der Waals surface area contributed by atoms with E-state index in [1.807, 2.05) is 31.2 Å². The third-order valence-corrected chi connectivity index (χ3v) is 7.40. The molecule has 36 heavy (non-hydrogen) atoms. The van der Waals surface area contributed by atoms with Gasteiger partial charge in [-0.15, -0.1) is 12.4 Å². The number of benzene rings is 2. The van der Waals surface area contributed by atoms with E-state index < -0.39 is 0 Å². The fourth-order valence-electron chi connectivity index (χ4n) is 5.81. The molecule has 2 aromatic heterocycles. The summed E-state index contributed by atoms with van der Waals surface area (Å²) in [5, 5.41) is 2.07. The van der Waals surface area contributed by atoms with Crippen LogP contribution in [0.3, 0.4) is 0 Å². The monoisotopic (exact) mass is 513 g/mol. The zero-order chi connectivity index (χ0) is 23.4. The first kappa shape index (κ1) is 26.2. The molecule has 0 spiro atoms. The molecule has 2 atom stereocenters. The van der Waals surface area contributed by atoms with Crippen LogP contribution in [-0.4, -0.2) is 52.8 Å². The third kappa shape index (κ3) is 4.63. The molecular weight excluding hydrogens is 481 g/mol. The molecule has 1 aliphatic carbocycles. The molecule has 3 heterocycles. The first-order valence-electron chi connectivity index (χ1n) is 12.1. The van der Waals surface area contributed by atoms with Crippen molar-refractivity contribution in [3.63, 3.8) is 0 Å². The number of ether oxygens (including phenoxy) is 2. The predicted molar refractivity (Wildman–Crippen MR) is 143 cm³/mol. The summed E-state index contributed by atoms with van der Waals surface area (Å²) < 4.78 is 28.7. The van der Waals surface area contributed by atoms with Crippen molar-refractivity contribution in [3.05, 3.63) is 65.2 Å². The lowest BCUT2D eigenvalue weighted by molar-refractivity contribution is 0.0627. The number of pyridine rings is 1. The smallest absolute Gasteiger partial charge is 0.171 e. The molecule has 0 saturated carbocycles. The van der Waals surface area contributed by atoms with Gasteiger partial charge >= 0.3 is 0 Å². The lowest BCUT2D eigenvalue weighted by Gasteiger charge is -2.32. The number of aromatic nitrogens is 2. The second-order valence-electron chi connectivity index (χ2n) is 9.94. The molecule has 2 aliphatic rings. The first-order chi connectivity index (χ1) is 16.5. The summed E-state index contributed by atoms with van der Waals surface area (Å²) >= 11 is 0. The molecule has 0 radical (unpaired) electrons. The number of halogens is 2. The van der Waals surface area contributed by atoms with Gasteiger partial charge in [0.2, 0.25) is 0 Å². The fraction of sp³-hybridized carbons (Fsp3) is 0.393. The Morgan fingerprint density at radius 2 is 1.94 bits per heavy atom. The molecule has 4 aromatic rings. The van der Waals surface area contributed by atoms with Gasteiger partial charge in [0, 0.05) is 47.8 Å². The minimum atomic E-state index is -0.159. The van der Waals surface area contributed by atoms with Crippen LogP contribution in [0.15, 0.2) is 42.5 Å². The highest BCUT2D eigenvalue weighted by Crippen LogP contribution is 2.39. The van der Waals surface area contributed by atoms with Gasteiger partial charge in [-0.05, 0) is 87.2 Å². The van der Waals surface area contributed by atoms with Crippen molar-refractivity contribution in [3.8, 4) is 11.5 Å². The standard InChI is InChI=1S/C28H30FN3O2.ClH.H2O/c1-17-4-7-21-24(30-17)8-11-27-28(21)34-20(16-33-27)15-31(2)14-18-5-9-25-22(12-18)23-13-19(29)6-10-26(23)32(25)3;;/h4,6-8,10-11,13,18,20H,5,9,12,14-16H2,1-3H3;1H;1H2/t18-,20-;;/m0../s1. The van der Waals surface area contributed by atoms with E-state index in [1.165, 1.54) is 11.3 Å². The molecule has 0 amide bonds. The molecule has 2 N–H and O–H groups in total. The normalized spacial score (nSPS) is 18.6. The van der Waals surface area contributed by atoms with E-state index in [4.69, 9.17) is 9.47 Å². The summed E-state index contributed by atoms with van der Waals surface area (Å²) in [6.07, 6.45) is 3.14. The number of fused-ring (bicyclic) bond motifs is 6. The minimum Gasteiger partial charge on any atom is -0.486 e. The highest BCUT2D eigenvalue weighted by molar-refractivity contribution is 5.88. The van der Waals surface area contributed by atoms with Crippen molar-refractivity contribution in [1.29, 1.82) is 0 Å². The maximum absolute atomic E-state index is 14.0. The number of hydrogen-bond acceptors (Lipinski definition) is 4. The van der Waals surface area contributed by atoms with E-state index >= 15 is 0 Å². The van der Waals surface area contributed by atoms with Gasteiger partial charge in [-0.25, -0.2) is 4.39 Å². The van der Waals surface area contributed by atoms with E-state index in [0.29, 0.717) is 12.5 Å². The minimum absolute atomic E-state index is 0. The van der Waals surface area contributed by atoms with Crippen LogP contribution >= 0.6 is 12.4 Å². The number of nitrogens with zero attached hydrogens (tertiary/aromatic N) is 3. The number of likely N-dealkylation sites (N-methyl/N-ethyl adjacent to an activating group) is 1. The summed E-state index contributed by atoms with van der Waals surface area (Å²) in [4.78, 5) is 6.98. The van der Waals surface area contributed by atoms with Crippen LogP contribution in [0.4, 0.5) is 4.39 Å². The lowest BCUT2D eigenvalue weighted by atomic mass is 9.86. The molecule has 192 valence electrons. The summed E-state index contributed by atoms with van der Waals surface area (Å²) in [6.45, 7) is 4.31. The molecule has 6 nitrogen and oxygen atoms in total. The van der Waals surface area contributed by atoms with Gasteiger partial charge in [-0.2, -0.15) is 0 Å². The van der Waals surface area contributed by atoms with Crippen molar-refractivity contribution >= 4 is 34.2 Å². The molecule has 0 saturated heterocycles. The Morgan fingerprint density at radius 1 is 1.11 bits per heavy atom. The van der Waals surface area contributed by atoms with Gasteiger partial charge in [0.1, 0.15) is 18.5 Å². The van der Waals surface area contributed by atoms with E-state index in [1.54, 1.807) is 12.1 Å². The predicted octanol–water partition coefficient (Wildman–Crippen LogP) is 4.65. The van der Waals surface area contributed by atoms with Gasteiger partial charge in [-0.3, -0.25) is 4.98 Å². The number of hydrogen-bond donors (Lipinski definition) is 0. The van der Waals surface area contributed by atoms with E-state index in [9.17, 15) is 4.39 Å². The third-order valence-electron chi connectivity index (χ3n) is 7.40. The molecule has 2 aromatic carbocycles. The molecule has 1 aliphatic heterocycles. The van der Waals surface area contributed by atoms with Crippen molar-refractivity contribution in [2.45, 2.75) is 32.3 Å². The Kier molecular flexibility index (Phi) is 7.46. The van der Waals surface area contributed by atoms with Crippen LogP contribution < -0.4 is 9.47 Å². The maximum atomic E-state index is 14.0. The molecule has 8 heteroatoms. The number of aryl methyl sites for hydroxylation is 2. The highest BCUT2D eigenvalue weighted by atomic mass is 35.5. The fourth-order valence-corrected chi connectivity index (χ4v) is 5.81. The summed E-state index contributed by atoms with van der Waals surface area (Å²) in [5.74, 6) is 1.97. The lowest BCUT2D eigenvalue weighted by Crippen LogP contribution is -2.41. The van der Waals surface area contributed by atoms with Crippen LogP contribution in [0.25, 0.3) is 21.8 Å². The maximum Gasteiger partial charge on any atom is 0.171 e. The summed E-state index contributed by atoms with van der Waals surface area (Å²) in [7, 11) is 4.26. The number of rotatable bonds is 4. The van der Waals surface area contributed by atoms with Crippen LogP contribution in [0.2, 0.25) is 0 Å². The topological polar surface area (TPSA) is 71.0 Å². The Hall–Kier alpha value is -2.87. The SMILES string of the molecule is Cc1ccc2c3c(ccc2n1)OC[C@H](CN(C)C[C@H]1CCc2c(c4cc(F)ccc4n2C)C1)O3.Cl.O. The van der Waals surface area contributed by atoms with Crippen molar-refractivity contribution in [2.24, 2.45) is 13.0 Å². The molecule has 0 bridgehead atoms. The highest BCUT2D eigenvalue weighted by Gasteiger charge is 2.28. The Morgan fingerprint density at radius 3 is 2.78 bits per heavy atom. The Labute approximate surface area is 216 Å². The van der Waals surface area contributed by atoms with E-state index in [-0.39, 0.29) is 29.8 Å². The molecule has 0 unspecified atom stereocenters. The van der Waals surface area contributed by atoms with Gasteiger partial charge in [0.15, 0.2) is 11.5 Å². The Balaban J connectivity index is 0.00000152. The Bertz CT molecular complexity index is 1410.